The van der Waals surface area contributed by atoms with Gasteiger partial charge < -0.3 is 4.48 Å². The minimum Gasteiger partial charge on any atom is -0.323 e. The van der Waals surface area contributed by atoms with Crippen molar-refractivity contribution < 1.29 is 9.28 Å². The summed E-state index contributed by atoms with van der Waals surface area (Å²) in [7, 11) is 5.96. The SMILES string of the molecule is CSNC(=O)C[N+](C)(C)C. The number of amides is 1. The first-order valence-electron chi connectivity index (χ1n) is 3.08. The van der Waals surface area contributed by atoms with Gasteiger partial charge in [-0.1, -0.05) is 11.9 Å². The quantitative estimate of drug-likeness (QED) is 0.472. The lowest BCUT2D eigenvalue weighted by Crippen LogP contribution is -2.42. The van der Waals surface area contributed by atoms with Crippen LogP contribution in [0.25, 0.3) is 0 Å². The standard InChI is InChI=1S/C6H14N2OS/c1-8(2,3)5-6(9)7-10-4/h5H2,1-4H3/p+1. The molecule has 1 amide bonds. The van der Waals surface area contributed by atoms with Crippen molar-refractivity contribution in [2.45, 2.75) is 0 Å². The number of carbonyl (C=O) groups is 1. The fraction of sp³-hybridized carbons (Fsp3) is 0.833. The Morgan fingerprint density at radius 1 is 1.50 bits per heavy atom. The molecule has 0 unspecified atom stereocenters. The van der Waals surface area contributed by atoms with Gasteiger partial charge in [0.15, 0.2) is 6.54 Å². The van der Waals surface area contributed by atoms with E-state index in [1.54, 1.807) is 0 Å². The molecule has 0 saturated heterocycles. The third-order valence-corrected chi connectivity index (χ3v) is 1.27. The summed E-state index contributed by atoms with van der Waals surface area (Å²) in [5, 5.41) is 0. The average Bonchev–Trinajstić information content (AvgIpc) is 1.59. The van der Waals surface area contributed by atoms with Crippen LogP contribution in [0, 0.1) is 0 Å². The van der Waals surface area contributed by atoms with Gasteiger partial charge in [-0.25, -0.2) is 0 Å². The molecular weight excluding hydrogens is 148 g/mol. The zero-order valence-corrected chi connectivity index (χ0v) is 7.79. The summed E-state index contributed by atoms with van der Waals surface area (Å²) in [5.74, 6) is 0.0833. The predicted octanol–water partition coefficient (Wildman–Crippen LogP) is 0.0868. The van der Waals surface area contributed by atoms with Crippen molar-refractivity contribution in [3.05, 3.63) is 0 Å². The molecule has 0 atom stereocenters. The third kappa shape index (κ3) is 5.91. The van der Waals surface area contributed by atoms with Crippen LogP contribution in [0.4, 0.5) is 0 Å². The Balaban J connectivity index is 3.58. The van der Waals surface area contributed by atoms with E-state index in [1.807, 2.05) is 27.4 Å². The maximum absolute atomic E-state index is 10.9. The van der Waals surface area contributed by atoms with Crippen LogP contribution in [0.5, 0.6) is 0 Å². The summed E-state index contributed by atoms with van der Waals surface area (Å²) >= 11 is 1.34. The van der Waals surface area contributed by atoms with Crippen molar-refractivity contribution in [2.24, 2.45) is 0 Å². The summed E-state index contributed by atoms with van der Waals surface area (Å²) in [6, 6.07) is 0. The Hall–Kier alpha value is -0.220. The highest BCUT2D eigenvalue weighted by Gasteiger charge is 2.12. The molecule has 0 aromatic heterocycles. The van der Waals surface area contributed by atoms with Gasteiger partial charge in [0.2, 0.25) is 0 Å². The minimum atomic E-state index is 0.0833. The summed E-state index contributed by atoms with van der Waals surface area (Å²) in [6.45, 7) is 0.529. The van der Waals surface area contributed by atoms with Gasteiger partial charge in [0.05, 0.1) is 21.1 Å². The second kappa shape index (κ2) is 3.83. The third-order valence-electron chi connectivity index (χ3n) is 0.834. The molecule has 0 bridgehead atoms. The molecule has 0 fully saturated rings. The topological polar surface area (TPSA) is 29.1 Å². The van der Waals surface area contributed by atoms with Crippen LogP contribution >= 0.6 is 11.9 Å². The molecule has 0 aliphatic rings. The van der Waals surface area contributed by atoms with Crippen LogP contribution < -0.4 is 4.72 Å². The molecule has 0 aromatic rings. The van der Waals surface area contributed by atoms with Crippen LogP contribution in [0.2, 0.25) is 0 Å². The minimum absolute atomic E-state index is 0.0833. The smallest absolute Gasteiger partial charge is 0.285 e. The highest BCUT2D eigenvalue weighted by molar-refractivity contribution is 7.97. The number of rotatable bonds is 3. The van der Waals surface area contributed by atoms with Crippen LogP contribution in [-0.2, 0) is 4.79 Å². The van der Waals surface area contributed by atoms with E-state index in [1.165, 1.54) is 11.9 Å². The van der Waals surface area contributed by atoms with E-state index in [2.05, 4.69) is 4.72 Å². The largest absolute Gasteiger partial charge is 0.323 e. The lowest BCUT2D eigenvalue weighted by molar-refractivity contribution is -0.862. The van der Waals surface area contributed by atoms with Gasteiger partial charge in [-0.2, -0.15) is 0 Å². The molecule has 0 rings (SSSR count). The predicted molar refractivity (Wildman–Crippen MR) is 44.6 cm³/mol. The van der Waals surface area contributed by atoms with Crippen molar-refractivity contribution in [2.75, 3.05) is 33.9 Å². The Morgan fingerprint density at radius 3 is 2.30 bits per heavy atom. The number of likely N-dealkylation sites (N-methyl/N-ethyl adjacent to an activating group) is 1. The van der Waals surface area contributed by atoms with Gasteiger partial charge in [0.1, 0.15) is 0 Å². The van der Waals surface area contributed by atoms with Crippen LogP contribution in [0.1, 0.15) is 0 Å². The Kier molecular flexibility index (Phi) is 3.75. The van der Waals surface area contributed by atoms with Gasteiger partial charge in [0, 0.05) is 6.26 Å². The zero-order chi connectivity index (χ0) is 8.20. The molecular formula is C6H15N2OS+. The van der Waals surface area contributed by atoms with E-state index in [0.717, 1.165) is 0 Å². The summed E-state index contributed by atoms with van der Waals surface area (Å²) in [4.78, 5) is 10.9. The molecule has 10 heavy (non-hydrogen) atoms. The maximum Gasteiger partial charge on any atom is 0.285 e. The molecule has 3 nitrogen and oxygen atoms in total. The number of carbonyl (C=O) groups excluding carboxylic acids is 1. The van der Waals surface area contributed by atoms with Gasteiger partial charge in [-0.3, -0.25) is 9.52 Å². The molecule has 1 N–H and O–H groups in total. The number of hydrogen-bond donors (Lipinski definition) is 1. The molecule has 0 aliphatic carbocycles. The van der Waals surface area contributed by atoms with Crippen molar-refractivity contribution in [1.82, 2.24) is 4.72 Å². The van der Waals surface area contributed by atoms with E-state index in [0.29, 0.717) is 11.0 Å². The highest BCUT2D eigenvalue weighted by Crippen LogP contribution is 1.90. The Morgan fingerprint density at radius 2 is 2.00 bits per heavy atom. The van der Waals surface area contributed by atoms with E-state index in [4.69, 9.17) is 0 Å². The summed E-state index contributed by atoms with van der Waals surface area (Å²) in [5.41, 5.74) is 0. The first kappa shape index (κ1) is 9.78. The van der Waals surface area contributed by atoms with Crippen molar-refractivity contribution in [3.8, 4) is 0 Å². The van der Waals surface area contributed by atoms with Gasteiger partial charge >= 0.3 is 0 Å². The first-order valence-corrected chi connectivity index (χ1v) is 4.30. The fourth-order valence-corrected chi connectivity index (χ4v) is 0.869. The van der Waals surface area contributed by atoms with Crippen LogP contribution in [0.3, 0.4) is 0 Å². The van der Waals surface area contributed by atoms with Crippen molar-refractivity contribution >= 4 is 17.9 Å². The Bertz CT molecular complexity index is 119. The van der Waals surface area contributed by atoms with E-state index >= 15 is 0 Å². The summed E-state index contributed by atoms with van der Waals surface area (Å²) in [6.07, 6.45) is 1.84. The van der Waals surface area contributed by atoms with Gasteiger partial charge in [-0.15, -0.1) is 0 Å². The van der Waals surface area contributed by atoms with Crippen LogP contribution in [-0.4, -0.2) is 44.3 Å². The van der Waals surface area contributed by atoms with E-state index in [-0.39, 0.29) is 5.91 Å². The van der Waals surface area contributed by atoms with Crippen molar-refractivity contribution in [3.63, 3.8) is 0 Å². The first-order chi connectivity index (χ1) is 4.45. The lowest BCUT2D eigenvalue weighted by Gasteiger charge is -2.22. The highest BCUT2D eigenvalue weighted by atomic mass is 32.2. The number of quaternary nitrogens is 1. The zero-order valence-electron chi connectivity index (χ0n) is 6.97. The summed E-state index contributed by atoms with van der Waals surface area (Å²) < 4.78 is 3.34. The van der Waals surface area contributed by atoms with Gasteiger partial charge in [-0.05, 0) is 0 Å². The molecule has 0 aliphatic heterocycles. The fourth-order valence-electron chi connectivity index (χ4n) is 0.577. The number of nitrogens with zero attached hydrogens (tertiary/aromatic N) is 1. The monoisotopic (exact) mass is 163 g/mol. The average molecular weight is 163 g/mol. The number of hydrogen-bond acceptors (Lipinski definition) is 2. The van der Waals surface area contributed by atoms with E-state index < -0.39 is 0 Å². The number of nitrogens with one attached hydrogen (secondary N) is 1. The van der Waals surface area contributed by atoms with Gasteiger partial charge in [0.25, 0.3) is 5.91 Å². The lowest BCUT2D eigenvalue weighted by atomic mass is 10.5. The molecule has 0 spiro atoms. The molecule has 4 heteroatoms. The molecule has 0 aromatic carbocycles. The molecule has 60 valence electrons. The second-order valence-corrected chi connectivity index (χ2v) is 3.79. The molecule has 0 heterocycles. The van der Waals surface area contributed by atoms with Crippen molar-refractivity contribution in [1.29, 1.82) is 0 Å². The Labute approximate surface area is 66.5 Å². The maximum atomic E-state index is 10.9. The van der Waals surface area contributed by atoms with Crippen LogP contribution in [0.15, 0.2) is 0 Å². The molecule has 0 radical (unpaired) electrons. The normalized spacial score (nSPS) is 11.2. The molecule has 0 saturated carbocycles. The second-order valence-electron chi connectivity index (χ2n) is 3.18. The van der Waals surface area contributed by atoms with E-state index in [9.17, 15) is 4.79 Å².